The highest BCUT2D eigenvalue weighted by atomic mass is 32.2. The third-order valence-corrected chi connectivity index (χ3v) is 7.60. The van der Waals surface area contributed by atoms with Crippen LogP contribution in [-0.2, 0) is 12.8 Å². The van der Waals surface area contributed by atoms with Gasteiger partial charge in [0.1, 0.15) is 4.83 Å². The number of aromatic nitrogens is 2. The second-order valence-corrected chi connectivity index (χ2v) is 9.89. The van der Waals surface area contributed by atoms with E-state index in [1.165, 1.54) is 35.3 Å². The number of nitrogens with zero attached hydrogens (tertiary/aromatic N) is 2. The largest absolute Gasteiger partial charge is 0.268 e. The van der Waals surface area contributed by atoms with Crippen molar-refractivity contribution in [3.05, 3.63) is 50.6 Å². The molecule has 0 fully saturated rings. The lowest BCUT2D eigenvalue weighted by atomic mass is 10.1. The minimum absolute atomic E-state index is 0.106. The standard InChI is InChI=1S/C22H26N2OS2/c1-14(2)13-26-22-23-20-19(17-7-5-4-6-8-18(17)27-20)21(25)24(22)16-11-9-15(3)10-12-16/h9-12,14H,4-8,13H2,1-3H3. The van der Waals surface area contributed by atoms with Gasteiger partial charge >= 0.3 is 0 Å². The molecule has 1 aliphatic carbocycles. The Morgan fingerprint density at radius 3 is 2.63 bits per heavy atom. The van der Waals surface area contributed by atoms with Gasteiger partial charge in [0.25, 0.3) is 5.56 Å². The molecule has 0 saturated carbocycles. The van der Waals surface area contributed by atoms with E-state index in [0.29, 0.717) is 5.92 Å². The van der Waals surface area contributed by atoms with E-state index >= 15 is 0 Å². The molecule has 1 aliphatic rings. The molecule has 0 saturated heterocycles. The highest BCUT2D eigenvalue weighted by Gasteiger charge is 2.22. The van der Waals surface area contributed by atoms with Gasteiger partial charge in [0, 0.05) is 10.6 Å². The van der Waals surface area contributed by atoms with E-state index in [1.807, 2.05) is 16.7 Å². The van der Waals surface area contributed by atoms with Crippen molar-refractivity contribution in [1.29, 1.82) is 0 Å². The molecule has 0 bridgehead atoms. The fourth-order valence-electron chi connectivity index (χ4n) is 3.62. The van der Waals surface area contributed by atoms with Crippen molar-refractivity contribution in [2.24, 2.45) is 5.92 Å². The predicted octanol–water partition coefficient (Wildman–Crippen LogP) is 5.77. The second kappa shape index (κ2) is 7.80. The van der Waals surface area contributed by atoms with E-state index in [4.69, 9.17) is 4.98 Å². The molecular weight excluding hydrogens is 372 g/mol. The summed E-state index contributed by atoms with van der Waals surface area (Å²) in [5.74, 6) is 1.50. The van der Waals surface area contributed by atoms with Crippen LogP contribution in [0.15, 0.2) is 34.2 Å². The van der Waals surface area contributed by atoms with E-state index in [0.717, 1.165) is 39.7 Å². The molecule has 0 aliphatic heterocycles. The fourth-order valence-corrected chi connectivity index (χ4v) is 5.89. The van der Waals surface area contributed by atoms with Gasteiger partial charge in [0.15, 0.2) is 5.16 Å². The van der Waals surface area contributed by atoms with Gasteiger partial charge < -0.3 is 0 Å². The maximum atomic E-state index is 13.6. The van der Waals surface area contributed by atoms with E-state index in [1.54, 1.807) is 23.1 Å². The molecule has 2 aromatic heterocycles. The summed E-state index contributed by atoms with van der Waals surface area (Å²) in [6.45, 7) is 6.47. The number of benzene rings is 1. The number of hydrogen-bond acceptors (Lipinski definition) is 4. The first-order valence-corrected chi connectivity index (χ1v) is 11.6. The van der Waals surface area contributed by atoms with Crippen LogP contribution in [0.2, 0.25) is 0 Å². The van der Waals surface area contributed by atoms with Crippen molar-refractivity contribution < 1.29 is 0 Å². The molecule has 2 heterocycles. The maximum Gasteiger partial charge on any atom is 0.267 e. The zero-order valence-electron chi connectivity index (χ0n) is 16.2. The SMILES string of the molecule is Cc1ccc(-n2c(SCC(C)C)nc3sc4c(c3c2=O)CCCCC4)cc1. The molecule has 0 unspecified atom stereocenters. The summed E-state index contributed by atoms with van der Waals surface area (Å²) in [5, 5.41) is 1.69. The summed E-state index contributed by atoms with van der Waals surface area (Å²) in [4.78, 5) is 20.9. The van der Waals surface area contributed by atoms with Crippen molar-refractivity contribution >= 4 is 33.3 Å². The van der Waals surface area contributed by atoms with Gasteiger partial charge in [-0.25, -0.2) is 4.98 Å². The minimum Gasteiger partial charge on any atom is -0.268 e. The third kappa shape index (κ3) is 3.72. The van der Waals surface area contributed by atoms with Gasteiger partial charge in [-0.05, 0) is 56.2 Å². The Balaban J connectivity index is 1.95. The van der Waals surface area contributed by atoms with Gasteiger partial charge in [-0.3, -0.25) is 9.36 Å². The van der Waals surface area contributed by atoms with Crippen LogP contribution in [0.4, 0.5) is 0 Å². The molecule has 0 N–H and O–H groups in total. The zero-order valence-corrected chi connectivity index (χ0v) is 17.9. The predicted molar refractivity (Wildman–Crippen MR) is 117 cm³/mol. The first-order chi connectivity index (χ1) is 13.0. The molecule has 0 radical (unpaired) electrons. The molecule has 27 heavy (non-hydrogen) atoms. The van der Waals surface area contributed by atoms with Crippen LogP contribution >= 0.6 is 23.1 Å². The summed E-state index contributed by atoms with van der Waals surface area (Å²) in [6, 6.07) is 8.21. The van der Waals surface area contributed by atoms with Crippen molar-refractivity contribution in [3.8, 4) is 5.69 Å². The Bertz CT molecular complexity index is 1020. The maximum absolute atomic E-state index is 13.6. The van der Waals surface area contributed by atoms with E-state index in [-0.39, 0.29) is 5.56 Å². The number of aryl methyl sites for hydroxylation is 3. The van der Waals surface area contributed by atoms with Crippen molar-refractivity contribution in [2.75, 3.05) is 5.75 Å². The molecule has 1 aromatic carbocycles. The third-order valence-electron chi connectivity index (χ3n) is 5.05. The molecular formula is C22H26N2OS2. The van der Waals surface area contributed by atoms with Crippen molar-refractivity contribution in [2.45, 2.75) is 58.0 Å². The molecule has 4 rings (SSSR count). The topological polar surface area (TPSA) is 34.9 Å². The molecule has 142 valence electrons. The number of thioether (sulfide) groups is 1. The minimum atomic E-state index is 0.106. The zero-order chi connectivity index (χ0) is 19.0. The smallest absolute Gasteiger partial charge is 0.267 e. The summed E-state index contributed by atoms with van der Waals surface area (Å²) in [5.41, 5.74) is 3.49. The van der Waals surface area contributed by atoms with Gasteiger partial charge in [-0.1, -0.05) is 49.7 Å². The lowest BCUT2D eigenvalue weighted by molar-refractivity contribution is 0.713. The lowest BCUT2D eigenvalue weighted by Gasteiger charge is -2.13. The highest BCUT2D eigenvalue weighted by molar-refractivity contribution is 7.99. The number of hydrogen-bond donors (Lipinski definition) is 0. The summed E-state index contributed by atoms with van der Waals surface area (Å²) < 4.78 is 1.84. The number of fused-ring (bicyclic) bond motifs is 3. The lowest BCUT2D eigenvalue weighted by Crippen LogP contribution is -2.22. The first-order valence-electron chi connectivity index (χ1n) is 9.81. The Labute approximate surface area is 168 Å². The van der Waals surface area contributed by atoms with Crippen molar-refractivity contribution in [1.82, 2.24) is 9.55 Å². The first kappa shape index (κ1) is 18.8. The summed E-state index contributed by atoms with van der Waals surface area (Å²) in [7, 11) is 0. The van der Waals surface area contributed by atoms with Crippen LogP contribution in [0, 0.1) is 12.8 Å². The van der Waals surface area contributed by atoms with Crippen LogP contribution in [0.25, 0.3) is 15.9 Å². The van der Waals surface area contributed by atoms with Gasteiger partial charge in [-0.2, -0.15) is 0 Å². The molecule has 3 aromatic rings. The summed E-state index contributed by atoms with van der Waals surface area (Å²) in [6.07, 6.45) is 5.76. The van der Waals surface area contributed by atoms with Crippen molar-refractivity contribution in [3.63, 3.8) is 0 Å². The molecule has 3 nitrogen and oxygen atoms in total. The highest BCUT2D eigenvalue weighted by Crippen LogP contribution is 2.34. The van der Waals surface area contributed by atoms with E-state index < -0.39 is 0 Å². The van der Waals surface area contributed by atoms with Crippen LogP contribution in [0.5, 0.6) is 0 Å². The fraction of sp³-hybridized carbons (Fsp3) is 0.455. The second-order valence-electron chi connectivity index (χ2n) is 7.82. The average Bonchev–Trinajstić information content (AvgIpc) is 2.82. The Kier molecular flexibility index (Phi) is 5.42. The van der Waals surface area contributed by atoms with Gasteiger partial charge in [-0.15, -0.1) is 11.3 Å². The van der Waals surface area contributed by atoms with Crippen LogP contribution in [-0.4, -0.2) is 15.3 Å². The van der Waals surface area contributed by atoms with Crippen LogP contribution in [0.3, 0.4) is 0 Å². The number of thiophene rings is 1. The van der Waals surface area contributed by atoms with Crippen LogP contribution < -0.4 is 5.56 Å². The monoisotopic (exact) mass is 398 g/mol. The quantitative estimate of drug-likeness (QED) is 0.318. The molecule has 0 amide bonds. The Morgan fingerprint density at radius 1 is 1.15 bits per heavy atom. The average molecular weight is 399 g/mol. The van der Waals surface area contributed by atoms with E-state index in [9.17, 15) is 4.79 Å². The van der Waals surface area contributed by atoms with Gasteiger partial charge in [0.05, 0.1) is 11.1 Å². The van der Waals surface area contributed by atoms with Gasteiger partial charge in [0.2, 0.25) is 0 Å². The Morgan fingerprint density at radius 2 is 1.89 bits per heavy atom. The summed E-state index contributed by atoms with van der Waals surface area (Å²) >= 11 is 3.44. The molecule has 0 atom stereocenters. The number of rotatable bonds is 4. The van der Waals surface area contributed by atoms with Crippen LogP contribution in [0.1, 0.15) is 49.1 Å². The van der Waals surface area contributed by atoms with E-state index in [2.05, 4.69) is 32.9 Å². The Hall–Kier alpha value is -1.59. The molecule has 0 spiro atoms. The normalized spacial score (nSPS) is 14.5. The molecule has 5 heteroatoms.